The molecule has 11 nitrogen and oxygen atoms in total. The van der Waals surface area contributed by atoms with Gasteiger partial charge in [0.25, 0.3) is 11.1 Å². The van der Waals surface area contributed by atoms with E-state index in [1.165, 1.54) is 14.1 Å². The van der Waals surface area contributed by atoms with Gasteiger partial charge < -0.3 is 4.74 Å². The number of hydrogen-bond donors (Lipinski definition) is 1. The van der Waals surface area contributed by atoms with Crippen LogP contribution in [-0.4, -0.2) is 41.3 Å². The van der Waals surface area contributed by atoms with Crippen LogP contribution in [0.15, 0.2) is 14.4 Å². The van der Waals surface area contributed by atoms with Crippen molar-refractivity contribution in [2.45, 2.75) is 6.92 Å². The fraction of sp³-hybridized carbons (Fsp3) is 0.333. The van der Waals surface area contributed by atoms with Gasteiger partial charge in [0.05, 0.1) is 6.61 Å². The van der Waals surface area contributed by atoms with Crippen molar-refractivity contribution in [3.63, 3.8) is 0 Å². The first-order valence-electron chi connectivity index (χ1n) is 6.62. The van der Waals surface area contributed by atoms with Gasteiger partial charge in [-0.15, -0.1) is 0 Å². The Morgan fingerprint density at radius 2 is 1.87 bits per heavy atom. The van der Waals surface area contributed by atoms with Gasteiger partial charge in [0.1, 0.15) is 0 Å². The van der Waals surface area contributed by atoms with Gasteiger partial charge in [-0.1, -0.05) is 0 Å². The Bertz CT molecular complexity index is 1130. The van der Waals surface area contributed by atoms with Gasteiger partial charge in [-0.05, 0) is 6.92 Å². The van der Waals surface area contributed by atoms with Crippen LogP contribution in [0.4, 0.5) is 0 Å². The Morgan fingerprint density at radius 3 is 2.52 bits per heavy atom. The second-order valence-electron chi connectivity index (χ2n) is 4.75. The molecule has 0 aliphatic carbocycles. The second-order valence-corrected chi connectivity index (χ2v) is 4.75. The van der Waals surface area contributed by atoms with Crippen LogP contribution in [0.3, 0.4) is 0 Å². The van der Waals surface area contributed by atoms with E-state index < -0.39 is 28.5 Å². The molecule has 1 N–H and O–H groups in total. The monoisotopic (exact) mass is 320 g/mol. The number of hydrogen-bond acceptors (Lipinski definition) is 7. The van der Waals surface area contributed by atoms with Crippen molar-refractivity contribution in [1.82, 2.24) is 28.7 Å². The summed E-state index contributed by atoms with van der Waals surface area (Å²) in [7, 11) is 2.70. The molecule has 23 heavy (non-hydrogen) atoms. The van der Waals surface area contributed by atoms with Crippen molar-refractivity contribution in [2.75, 3.05) is 6.61 Å². The van der Waals surface area contributed by atoms with Crippen molar-refractivity contribution in [1.29, 1.82) is 0 Å². The van der Waals surface area contributed by atoms with Gasteiger partial charge in [-0.2, -0.15) is 10.1 Å². The van der Waals surface area contributed by atoms with Crippen molar-refractivity contribution in [3.05, 3.63) is 36.9 Å². The number of imidazole rings is 1. The van der Waals surface area contributed by atoms with Gasteiger partial charge in [-0.25, -0.2) is 19.1 Å². The maximum absolute atomic E-state index is 12.5. The van der Waals surface area contributed by atoms with Gasteiger partial charge in [-0.3, -0.25) is 18.7 Å². The lowest BCUT2D eigenvalue weighted by molar-refractivity contribution is 0.0515. The number of esters is 1. The minimum atomic E-state index is -0.917. The number of fused-ring (bicyclic) bond motifs is 3. The predicted octanol–water partition coefficient (Wildman–Crippen LogP) is -1.86. The highest BCUT2D eigenvalue weighted by molar-refractivity contribution is 5.87. The number of nitrogens with zero attached hydrogens (tertiary/aromatic N) is 5. The summed E-state index contributed by atoms with van der Waals surface area (Å²) in [6.45, 7) is 1.65. The number of H-pyrrole nitrogens is 1. The molecule has 0 radical (unpaired) electrons. The van der Waals surface area contributed by atoms with Crippen LogP contribution >= 0.6 is 0 Å². The van der Waals surface area contributed by atoms with E-state index in [9.17, 15) is 19.2 Å². The smallest absolute Gasteiger partial charge is 0.364 e. The summed E-state index contributed by atoms with van der Waals surface area (Å²) in [6.07, 6.45) is 0. The first kappa shape index (κ1) is 14.7. The van der Waals surface area contributed by atoms with Crippen molar-refractivity contribution in [2.24, 2.45) is 14.1 Å². The minimum absolute atomic E-state index is 0.00857. The summed E-state index contributed by atoms with van der Waals surface area (Å²) < 4.78 is 7.64. The fourth-order valence-corrected chi connectivity index (χ4v) is 2.26. The quantitative estimate of drug-likeness (QED) is 0.547. The molecule has 120 valence electrons. The summed E-state index contributed by atoms with van der Waals surface area (Å²) in [5, 5.41) is 6.05. The number of rotatable bonds is 2. The first-order chi connectivity index (χ1) is 10.9. The molecule has 0 atom stereocenters. The van der Waals surface area contributed by atoms with Gasteiger partial charge in [0.2, 0.25) is 11.5 Å². The average molecular weight is 320 g/mol. The molecule has 0 saturated carbocycles. The maximum Gasteiger partial charge on any atom is 0.364 e. The number of carbonyl (C=O) groups is 1. The number of carbonyl (C=O) groups excluding carboxylic acids is 1. The second kappa shape index (κ2) is 4.90. The van der Waals surface area contributed by atoms with Gasteiger partial charge >= 0.3 is 11.7 Å². The van der Waals surface area contributed by atoms with Crippen LogP contribution in [-0.2, 0) is 18.8 Å². The molecule has 3 rings (SSSR count). The minimum Gasteiger partial charge on any atom is -0.461 e. The van der Waals surface area contributed by atoms with Crippen molar-refractivity contribution >= 4 is 22.9 Å². The number of ether oxygens (including phenoxy) is 1. The number of aromatic amines is 1. The summed E-state index contributed by atoms with van der Waals surface area (Å²) in [4.78, 5) is 52.5. The third-order valence-electron chi connectivity index (χ3n) is 3.40. The zero-order valence-electron chi connectivity index (χ0n) is 12.5. The number of nitrogens with one attached hydrogen (secondary N) is 1. The average Bonchev–Trinajstić information content (AvgIpc) is 2.92. The highest BCUT2D eigenvalue weighted by Crippen LogP contribution is 2.06. The molecule has 11 heteroatoms. The maximum atomic E-state index is 12.5. The van der Waals surface area contributed by atoms with E-state index in [1.54, 1.807) is 6.92 Å². The first-order valence-corrected chi connectivity index (χ1v) is 6.62. The zero-order valence-corrected chi connectivity index (χ0v) is 12.5. The van der Waals surface area contributed by atoms with Crippen LogP contribution in [0.5, 0.6) is 0 Å². The van der Waals surface area contributed by atoms with Crippen LogP contribution in [0.25, 0.3) is 16.9 Å². The molecule has 0 fully saturated rings. The summed E-state index contributed by atoms with van der Waals surface area (Å²) >= 11 is 0. The molecule has 3 aromatic rings. The molecule has 0 bridgehead atoms. The van der Waals surface area contributed by atoms with Crippen LogP contribution in [0, 0.1) is 0 Å². The van der Waals surface area contributed by atoms with Gasteiger partial charge in [0.15, 0.2) is 11.2 Å². The molecule has 0 amide bonds. The Labute approximate surface area is 126 Å². The van der Waals surface area contributed by atoms with E-state index in [4.69, 9.17) is 4.74 Å². The SMILES string of the molecule is CCOC(=O)c1n[nH]c2nc3c(c(=O)n(C)c(=O)n3C)n2c1=O. The fourth-order valence-electron chi connectivity index (χ4n) is 2.26. The summed E-state index contributed by atoms with van der Waals surface area (Å²) in [6, 6.07) is 0. The van der Waals surface area contributed by atoms with E-state index >= 15 is 0 Å². The zero-order chi connectivity index (χ0) is 16.9. The molecule has 3 heterocycles. The summed E-state index contributed by atoms with van der Waals surface area (Å²) in [5.41, 5.74) is -2.77. The molecular formula is C12H12N6O5. The van der Waals surface area contributed by atoms with Crippen LogP contribution in [0.2, 0.25) is 0 Å². The number of aromatic nitrogens is 6. The third-order valence-corrected chi connectivity index (χ3v) is 3.40. The van der Waals surface area contributed by atoms with Crippen molar-refractivity contribution in [3.8, 4) is 0 Å². The Morgan fingerprint density at radius 1 is 1.17 bits per heavy atom. The summed E-state index contributed by atoms with van der Waals surface area (Å²) in [5.74, 6) is -0.976. The van der Waals surface area contributed by atoms with Gasteiger partial charge in [0, 0.05) is 14.1 Å². The number of aryl methyl sites for hydroxylation is 1. The lowest BCUT2D eigenvalue weighted by Crippen LogP contribution is -2.38. The standard InChI is InChI=1S/C12H12N6O5/c1-4-23-10(21)5-8(19)18-6-7(13-11(18)15-14-5)16(2)12(22)17(3)9(6)20/h4H2,1-3H3,(H,13,15). The van der Waals surface area contributed by atoms with E-state index in [1.807, 2.05) is 0 Å². The van der Waals surface area contributed by atoms with E-state index in [0.29, 0.717) is 0 Å². The predicted molar refractivity (Wildman–Crippen MR) is 77.6 cm³/mol. The molecule has 0 aliphatic heterocycles. The third kappa shape index (κ3) is 1.89. The Hall–Kier alpha value is -3.24. The molecule has 0 unspecified atom stereocenters. The topological polar surface area (TPSA) is 133 Å². The molecule has 0 saturated heterocycles. The Kier molecular flexibility index (Phi) is 3.13. The molecular weight excluding hydrogens is 308 g/mol. The normalized spacial score (nSPS) is 11.3. The molecule has 0 aliphatic rings. The largest absolute Gasteiger partial charge is 0.461 e. The van der Waals surface area contributed by atoms with E-state index in [-0.39, 0.29) is 23.5 Å². The highest BCUT2D eigenvalue weighted by Gasteiger charge is 2.22. The molecule has 0 spiro atoms. The molecule has 3 aromatic heterocycles. The molecule has 0 aromatic carbocycles. The van der Waals surface area contributed by atoms with Crippen molar-refractivity contribution < 1.29 is 9.53 Å². The van der Waals surface area contributed by atoms with Crippen LogP contribution in [0.1, 0.15) is 17.4 Å². The van der Waals surface area contributed by atoms with Crippen LogP contribution < -0.4 is 16.8 Å². The van der Waals surface area contributed by atoms with E-state index in [0.717, 1.165) is 13.5 Å². The Balaban J connectivity index is 2.54. The lowest BCUT2D eigenvalue weighted by atomic mass is 10.4. The highest BCUT2D eigenvalue weighted by atomic mass is 16.5. The van der Waals surface area contributed by atoms with E-state index in [2.05, 4.69) is 15.2 Å². The lowest BCUT2D eigenvalue weighted by Gasteiger charge is -2.03.